The molecule has 1 aromatic rings. The zero-order valence-corrected chi connectivity index (χ0v) is 13.0. The Labute approximate surface area is 122 Å². The number of likely N-dealkylation sites (N-methyl/N-ethyl adjacent to an activating group) is 1. The minimum atomic E-state index is 0.206. The molecule has 1 saturated heterocycles. The van der Waals surface area contributed by atoms with Crippen molar-refractivity contribution in [3.8, 4) is 0 Å². The molecular weight excluding hydrogens is 252 g/mol. The molecule has 0 saturated carbocycles. The molecule has 1 fully saturated rings. The van der Waals surface area contributed by atoms with Crippen molar-refractivity contribution < 1.29 is 4.74 Å². The monoisotopic (exact) mass is 280 g/mol. The van der Waals surface area contributed by atoms with E-state index in [-0.39, 0.29) is 12.1 Å². The first-order valence-corrected chi connectivity index (χ1v) is 7.89. The smallest absolute Gasteiger partial charge is 0.0912 e. The van der Waals surface area contributed by atoms with Gasteiger partial charge in [0.2, 0.25) is 0 Å². The number of nitrogens with zero attached hydrogens (tertiary/aromatic N) is 3. The summed E-state index contributed by atoms with van der Waals surface area (Å²) in [7, 11) is 0. The Hall–Kier alpha value is -0.910. The van der Waals surface area contributed by atoms with Gasteiger partial charge in [-0.25, -0.2) is 0 Å². The molecule has 0 amide bonds. The summed E-state index contributed by atoms with van der Waals surface area (Å²) < 4.78 is 8.12. The molecule has 0 radical (unpaired) electrons. The Morgan fingerprint density at radius 3 is 2.95 bits per heavy atom. The molecule has 0 spiro atoms. The fourth-order valence-electron chi connectivity index (χ4n) is 2.82. The van der Waals surface area contributed by atoms with Gasteiger partial charge >= 0.3 is 0 Å². The molecule has 20 heavy (non-hydrogen) atoms. The van der Waals surface area contributed by atoms with E-state index in [0.29, 0.717) is 0 Å². The van der Waals surface area contributed by atoms with E-state index in [1.165, 1.54) is 5.69 Å². The van der Waals surface area contributed by atoms with E-state index in [9.17, 15) is 0 Å². The lowest BCUT2D eigenvalue weighted by Crippen LogP contribution is -2.48. The third-order valence-corrected chi connectivity index (χ3v) is 3.98. The summed E-state index contributed by atoms with van der Waals surface area (Å²) in [5, 5.41) is 8.05. The molecule has 1 N–H and O–H groups in total. The van der Waals surface area contributed by atoms with Crippen molar-refractivity contribution in [2.24, 2.45) is 0 Å². The minimum Gasteiger partial charge on any atom is -0.374 e. The Morgan fingerprint density at radius 2 is 2.25 bits per heavy atom. The van der Waals surface area contributed by atoms with Crippen molar-refractivity contribution in [1.82, 2.24) is 20.0 Å². The van der Waals surface area contributed by atoms with Gasteiger partial charge in [-0.1, -0.05) is 13.8 Å². The molecule has 2 heterocycles. The summed E-state index contributed by atoms with van der Waals surface area (Å²) in [5.41, 5.74) is 1.24. The van der Waals surface area contributed by atoms with Crippen LogP contribution in [0, 0.1) is 0 Å². The summed E-state index contributed by atoms with van der Waals surface area (Å²) in [4.78, 5) is 2.46. The van der Waals surface area contributed by atoms with E-state index < -0.39 is 0 Å². The van der Waals surface area contributed by atoms with Crippen LogP contribution >= 0.6 is 0 Å². The van der Waals surface area contributed by atoms with E-state index in [4.69, 9.17) is 4.74 Å². The first-order chi connectivity index (χ1) is 9.80. The van der Waals surface area contributed by atoms with Crippen molar-refractivity contribution in [2.45, 2.75) is 45.9 Å². The Balaban J connectivity index is 2.14. The summed E-state index contributed by atoms with van der Waals surface area (Å²) in [6.45, 7) is 12.4. The van der Waals surface area contributed by atoms with Crippen LogP contribution in [0.1, 0.15) is 38.9 Å². The second kappa shape index (κ2) is 7.76. The van der Waals surface area contributed by atoms with Crippen LogP contribution in [0.15, 0.2) is 12.3 Å². The van der Waals surface area contributed by atoms with Crippen molar-refractivity contribution >= 4 is 0 Å². The number of aromatic nitrogens is 2. The molecule has 0 aromatic carbocycles. The minimum absolute atomic E-state index is 0.206. The number of morpholine rings is 1. The van der Waals surface area contributed by atoms with Gasteiger partial charge in [-0.3, -0.25) is 9.58 Å². The number of hydrogen-bond donors (Lipinski definition) is 1. The van der Waals surface area contributed by atoms with Crippen molar-refractivity contribution in [3.05, 3.63) is 18.0 Å². The second-order valence-corrected chi connectivity index (χ2v) is 5.31. The first kappa shape index (κ1) is 15.5. The van der Waals surface area contributed by atoms with Gasteiger partial charge in [0.25, 0.3) is 0 Å². The molecule has 114 valence electrons. The van der Waals surface area contributed by atoms with Gasteiger partial charge in [-0.05, 0) is 32.5 Å². The van der Waals surface area contributed by atoms with Crippen LogP contribution in [0.3, 0.4) is 0 Å². The van der Waals surface area contributed by atoms with Gasteiger partial charge in [-0.15, -0.1) is 0 Å². The molecule has 5 heteroatoms. The molecule has 1 aliphatic rings. The summed E-state index contributed by atoms with van der Waals surface area (Å²) in [5.74, 6) is 0. The maximum absolute atomic E-state index is 6.05. The van der Waals surface area contributed by atoms with Gasteiger partial charge in [0.1, 0.15) is 0 Å². The van der Waals surface area contributed by atoms with Gasteiger partial charge < -0.3 is 10.1 Å². The average Bonchev–Trinajstić information content (AvgIpc) is 2.96. The largest absolute Gasteiger partial charge is 0.374 e. The Bertz CT molecular complexity index is 393. The van der Waals surface area contributed by atoms with Crippen molar-refractivity contribution in [3.63, 3.8) is 0 Å². The summed E-state index contributed by atoms with van der Waals surface area (Å²) >= 11 is 0. The molecule has 1 aromatic heterocycles. The van der Waals surface area contributed by atoms with Crippen LogP contribution in [0.5, 0.6) is 0 Å². The third-order valence-electron chi connectivity index (χ3n) is 3.98. The SMILES string of the molecule is CCCNC(c1ccnn1CC)C1CN(CC)CCO1. The molecule has 0 aliphatic carbocycles. The van der Waals surface area contributed by atoms with Crippen molar-refractivity contribution in [1.29, 1.82) is 0 Å². The zero-order chi connectivity index (χ0) is 14.4. The lowest BCUT2D eigenvalue weighted by molar-refractivity contribution is -0.0469. The molecule has 0 bridgehead atoms. The summed E-state index contributed by atoms with van der Waals surface area (Å²) in [6.07, 6.45) is 3.22. The molecule has 5 nitrogen and oxygen atoms in total. The quantitative estimate of drug-likeness (QED) is 0.825. The van der Waals surface area contributed by atoms with Gasteiger partial charge in [0.15, 0.2) is 0 Å². The van der Waals surface area contributed by atoms with E-state index in [1.54, 1.807) is 0 Å². The first-order valence-electron chi connectivity index (χ1n) is 7.89. The molecule has 2 atom stereocenters. The third kappa shape index (κ3) is 3.59. The Kier molecular flexibility index (Phi) is 6.01. The number of aryl methyl sites for hydroxylation is 1. The maximum Gasteiger partial charge on any atom is 0.0912 e. The number of hydrogen-bond acceptors (Lipinski definition) is 4. The lowest BCUT2D eigenvalue weighted by atomic mass is 10.0. The zero-order valence-electron chi connectivity index (χ0n) is 13.0. The Morgan fingerprint density at radius 1 is 1.40 bits per heavy atom. The highest BCUT2D eigenvalue weighted by molar-refractivity contribution is 5.10. The van der Waals surface area contributed by atoms with E-state index in [0.717, 1.165) is 45.8 Å². The summed E-state index contributed by atoms with van der Waals surface area (Å²) in [6, 6.07) is 2.34. The van der Waals surface area contributed by atoms with Crippen molar-refractivity contribution in [2.75, 3.05) is 32.8 Å². The highest BCUT2D eigenvalue weighted by Crippen LogP contribution is 2.22. The fraction of sp³-hybridized carbons (Fsp3) is 0.800. The van der Waals surface area contributed by atoms with Gasteiger partial charge in [-0.2, -0.15) is 5.10 Å². The predicted molar refractivity (Wildman–Crippen MR) is 80.8 cm³/mol. The van der Waals surface area contributed by atoms with E-state index in [1.807, 2.05) is 6.20 Å². The van der Waals surface area contributed by atoms with E-state index in [2.05, 4.69) is 46.8 Å². The van der Waals surface area contributed by atoms with Crippen LogP contribution < -0.4 is 5.32 Å². The van der Waals surface area contributed by atoms with Crippen LogP contribution in [0.2, 0.25) is 0 Å². The molecule has 2 unspecified atom stereocenters. The standard InChI is InChI=1S/C15H28N4O/c1-4-8-16-15(13-7-9-17-19(13)6-3)14-12-18(5-2)10-11-20-14/h7,9,14-16H,4-6,8,10-12H2,1-3H3. The average molecular weight is 280 g/mol. The maximum atomic E-state index is 6.05. The topological polar surface area (TPSA) is 42.3 Å². The van der Waals surface area contributed by atoms with Gasteiger partial charge in [0, 0.05) is 25.8 Å². The van der Waals surface area contributed by atoms with Crippen LogP contribution in [-0.2, 0) is 11.3 Å². The number of ether oxygens (including phenoxy) is 1. The molecule has 1 aliphatic heterocycles. The van der Waals surface area contributed by atoms with Crippen LogP contribution in [0.4, 0.5) is 0 Å². The molecular formula is C15H28N4O. The van der Waals surface area contributed by atoms with Crippen LogP contribution in [-0.4, -0.2) is 53.6 Å². The number of rotatable bonds is 7. The number of nitrogens with one attached hydrogen (secondary N) is 1. The lowest BCUT2D eigenvalue weighted by Gasteiger charge is -2.37. The molecule has 2 rings (SSSR count). The van der Waals surface area contributed by atoms with Gasteiger partial charge in [0.05, 0.1) is 24.4 Å². The fourth-order valence-corrected chi connectivity index (χ4v) is 2.82. The predicted octanol–water partition coefficient (Wildman–Crippen LogP) is 1.66. The second-order valence-electron chi connectivity index (χ2n) is 5.31. The van der Waals surface area contributed by atoms with Crippen LogP contribution in [0.25, 0.3) is 0 Å². The normalized spacial score (nSPS) is 22.1. The van der Waals surface area contributed by atoms with E-state index >= 15 is 0 Å². The highest BCUT2D eigenvalue weighted by atomic mass is 16.5. The highest BCUT2D eigenvalue weighted by Gasteiger charge is 2.30.